The lowest BCUT2D eigenvalue weighted by atomic mass is 10.1. The fourth-order valence-corrected chi connectivity index (χ4v) is 4.38. The van der Waals surface area contributed by atoms with Crippen LogP contribution in [0.4, 0.5) is 5.82 Å². The van der Waals surface area contributed by atoms with Crippen molar-refractivity contribution in [3.63, 3.8) is 0 Å². The van der Waals surface area contributed by atoms with Crippen LogP contribution in [0.2, 0.25) is 5.15 Å². The second-order valence-corrected chi connectivity index (χ2v) is 11.6. The number of esters is 1. The van der Waals surface area contributed by atoms with E-state index in [4.69, 9.17) is 16.3 Å². The topological polar surface area (TPSA) is 70.9 Å². The predicted molar refractivity (Wildman–Crippen MR) is 135 cm³/mol. The summed E-state index contributed by atoms with van der Waals surface area (Å²) in [5, 5.41) is 0.405. The molecule has 178 valence electrons. The lowest BCUT2D eigenvalue weighted by Gasteiger charge is -2.28. The van der Waals surface area contributed by atoms with E-state index in [1.165, 1.54) is 18.1 Å². The standard InChI is InChI=1S/C24H32ClN5O2S/c1-23(2,3)32-22(31)24(4,5)33-18-9-7-17(8-10-18)14-30(15-21-26-11-12-29(21)6)20-13-19(25)27-16-28-20/h7-10,13,16H,11-12,14-15H2,1-6H3. The molecule has 0 amide bonds. The number of halogens is 1. The van der Waals surface area contributed by atoms with Gasteiger partial charge in [-0.2, -0.15) is 0 Å². The quantitative estimate of drug-likeness (QED) is 0.302. The normalized spacial score (nSPS) is 14.3. The maximum atomic E-state index is 12.6. The van der Waals surface area contributed by atoms with Crippen LogP contribution in [0.25, 0.3) is 0 Å². The molecule has 0 saturated carbocycles. The first-order valence-corrected chi connectivity index (χ1v) is 12.1. The van der Waals surface area contributed by atoms with Gasteiger partial charge in [0.25, 0.3) is 0 Å². The molecule has 0 N–H and O–H groups in total. The number of thioether (sulfide) groups is 1. The molecule has 0 spiro atoms. The number of carbonyl (C=O) groups is 1. The van der Waals surface area contributed by atoms with Crippen molar-refractivity contribution in [3.8, 4) is 0 Å². The van der Waals surface area contributed by atoms with Gasteiger partial charge in [0.1, 0.15) is 33.5 Å². The van der Waals surface area contributed by atoms with E-state index in [2.05, 4.69) is 43.9 Å². The Bertz CT molecular complexity index is 1000. The molecule has 0 saturated heterocycles. The third-order valence-electron chi connectivity index (χ3n) is 5.01. The summed E-state index contributed by atoms with van der Waals surface area (Å²) in [4.78, 5) is 30.9. The van der Waals surface area contributed by atoms with Crippen LogP contribution in [0.3, 0.4) is 0 Å². The number of aliphatic imine (C=N–C) groups is 1. The zero-order chi connectivity index (χ0) is 24.2. The first kappa shape index (κ1) is 25.3. The molecule has 1 aliphatic heterocycles. The van der Waals surface area contributed by atoms with Crippen LogP contribution in [0, 0.1) is 0 Å². The summed E-state index contributed by atoms with van der Waals surface area (Å²) in [6.45, 7) is 12.4. The van der Waals surface area contributed by atoms with Gasteiger partial charge in [0.05, 0.1) is 13.1 Å². The van der Waals surface area contributed by atoms with Crippen molar-refractivity contribution < 1.29 is 9.53 Å². The Labute approximate surface area is 205 Å². The molecule has 33 heavy (non-hydrogen) atoms. The zero-order valence-electron chi connectivity index (χ0n) is 20.1. The van der Waals surface area contributed by atoms with E-state index in [1.807, 2.05) is 46.8 Å². The van der Waals surface area contributed by atoms with Gasteiger partial charge in [-0.3, -0.25) is 9.79 Å². The summed E-state index contributed by atoms with van der Waals surface area (Å²) in [5.74, 6) is 1.55. The summed E-state index contributed by atoms with van der Waals surface area (Å²) in [6, 6.07) is 9.99. The van der Waals surface area contributed by atoms with Gasteiger partial charge in [-0.1, -0.05) is 23.7 Å². The van der Waals surface area contributed by atoms with Crippen LogP contribution in [-0.4, -0.2) is 63.7 Å². The fourth-order valence-electron chi connectivity index (χ4n) is 3.26. The zero-order valence-corrected chi connectivity index (χ0v) is 21.7. The van der Waals surface area contributed by atoms with Gasteiger partial charge < -0.3 is 14.5 Å². The summed E-state index contributed by atoms with van der Waals surface area (Å²) in [5.41, 5.74) is 0.606. The maximum absolute atomic E-state index is 12.6. The number of benzene rings is 1. The van der Waals surface area contributed by atoms with Crippen LogP contribution in [0.5, 0.6) is 0 Å². The van der Waals surface area contributed by atoms with Crippen LogP contribution < -0.4 is 4.90 Å². The summed E-state index contributed by atoms with van der Waals surface area (Å²) >= 11 is 7.62. The molecular formula is C24H32ClN5O2S. The Morgan fingerprint density at radius 2 is 1.85 bits per heavy atom. The molecule has 0 atom stereocenters. The molecule has 2 aromatic rings. The number of ether oxygens (including phenoxy) is 1. The van der Waals surface area contributed by atoms with Crippen molar-refractivity contribution in [1.82, 2.24) is 14.9 Å². The van der Waals surface area contributed by atoms with Crippen LogP contribution in [0.1, 0.15) is 40.2 Å². The molecule has 1 aromatic heterocycles. The molecule has 0 aliphatic carbocycles. The van der Waals surface area contributed by atoms with E-state index >= 15 is 0 Å². The highest BCUT2D eigenvalue weighted by Crippen LogP contribution is 2.35. The van der Waals surface area contributed by atoms with E-state index < -0.39 is 10.3 Å². The van der Waals surface area contributed by atoms with Crippen molar-refractivity contribution >= 4 is 41.0 Å². The number of hydrogen-bond acceptors (Lipinski definition) is 8. The van der Waals surface area contributed by atoms with Crippen LogP contribution in [0.15, 0.2) is 46.5 Å². The summed E-state index contributed by atoms with van der Waals surface area (Å²) in [6.07, 6.45) is 1.48. The van der Waals surface area contributed by atoms with E-state index in [-0.39, 0.29) is 5.97 Å². The molecule has 0 bridgehead atoms. The van der Waals surface area contributed by atoms with Gasteiger partial charge in [0.15, 0.2) is 0 Å². The first-order valence-electron chi connectivity index (χ1n) is 10.9. The summed E-state index contributed by atoms with van der Waals surface area (Å²) < 4.78 is 4.89. The molecule has 9 heteroatoms. The highest BCUT2D eigenvalue weighted by molar-refractivity contribution is 8.01. The van der Waals surface area contributed by atoms with Crippen molar-refractivity contribution in [2.24, 2.45) is 4.99 Å². The van der Waals surface area contributed by atoms with Crippen molar-refractivity contribution in [2.75, 3.05) is 31.6 Å². The molecule has 7 nitrogen and oxygen atoms in total. The highest BCUT2D eigenvalue weighted by Gasteiger charge is 2.33. The second-order valence-electron chi connectivity index (χ2n) is 9.53. The Balaban J connectivity index is 1.73. The SMILES string of the molecule is CN1CCN=C1CN(Cc1ccc(SC(C)(C)C(=O)OC(C)(C)C)cc1)c1cc(Cl)ncn1. The lowest BCUT2D eigenvalue weighted by Crippen LogP contribution is -2.36. The van der Waals surface area contributed by atoms with Gasteiger partial charge in [-0.25, -0.2) is 9.97 Å². The molecule has 0 fully saturated rings. The molecule has 0 unspecified atom stereocenters. The Morgan fingerprint density at radius 1 is 1.15 bits per heavy atom. The number of likely N-dealkylation sites (N-methyl/N-ethyl adjacent to an activating group) is 1. The van der Waals surface area contributed by atoms with Gasteiger partial charge in [0, 0.05) is 31.1 Å². The Kier molecular flexibility index (Phi) is 7.90. The Morgan fingerprint density at radius 3 is 2.42 bits per heavy atom. The monoisotopic (exact) mass is 489 g/mol. The highest BCUT2D eigenvalue weighted by atomic mass is 35.5. The Hall–Kier alpha value is -2.32. The van der Waals surface area contributed by atoms with E-state index in [1.54, 1.807) is 6.07 Å². The average Bonchev–Trinajstić information content (AvgIpc) is 3.12. The summed E-state index contributed by atoms with van der Waals surface area (Å²) in [7, 11) is 2.05. The van der Waals surface area contributed by atoms with E-state index in [0.29, 0.717) is 18.2 Å². The van der Waals surface area contributed by atoms with Gasteiger partial charge in [-0.05, 0) is 52.3 Å². The molecule has 2 heterocycles. The maximum Gasteiger partial charge on any atom is 0.322 e. The van der Waals surface area contributed by atoms with Crippen molar-refractivity contribution in [3.05, 3.63) is 47.4 Å². The first-order chi connectivity index (χ1) is 15.4. The van der Waals surface area contributed by atoms with Crippen LogP contribution in [-0.2, 0) is 16.1 Å². The van der Waals surface area contributed by atoms with Crippen LogP contribution >= 0.6 is 23.4 Å². The van der Waals surface area contributed by atoms with E-state index in [0.717, 1.165) is 35.2 Å². The number of carbonyl (C=O) groups excluding carboxylic acids is 1. The fraction of sp³-hybridized carbons (Fsp3) is 0.500. The largest absolute Gasteiger partial charge is 0.459 e. The number of amidine groups is 1. The minimum atomic E-state index is -0.691. The number of rotatable bonds is 8. The number of anilines is 1. The van der Waals surface area contributed by atoms with Gasteiger partial charge in [0.2, 0.25) is 0 Å². The number of aromatic nitrogens is 2. The molecular weight excluding hydrogens is 458 g/mol. The average molecular weight is 490 g/mol. The third kappa shape index (κ3) is 7.33. The number of nitrogens with zero attached hydrogens (tertiary/aromatic N) is 5. The lowest BCUT2D eigenvalue weighted by molar-refractivity contribution is -0.156. The molecule has 0 radical (unpaired) electrons. The smallest absolute Gasteiger partial charge is 0.322 e. The predicted octanol–water partition coefficient (Wildman–Crippen LogP) is 4.69. The van der Waals surface area contributed by atoms with E-state index in [9.17, 15) is 4.79 Å². The minimum absolute atomic E-state index is 0.225. The molecule has 1 aliphatic rings. The van der Waals surface area contributed by atoms with Crippen molar-refractivity contribution in [1.29, 1.82) is 0 Å². The minimum Gasteiger partial charge on any atom is -0.459 e. The second kappa shape index (κ2) is 10.3. The van der Waals surface area contributed by atoms with Crippen molar-refractivity contribution in [2.45, 2.75) is 56.4 Å². The third-order valence-corrected chi connectivity index (χ3v) is 6.40. The molecule has 3 rings (SSSR count). The van der Waals surface area contributed by atoms with Gasteiger partial charge >= 0.3 is 5.97 Å². The molecule has 1 aromatic carbocycles. The van der Waals surface area contributed by atoms with Gasteiger partial charge in [-0.15, -0.1) is 11.8 Å². The number of hydrogen-bond donors (Lipinski definition) is 0.